The Kier molecular flexibility index (Phi) is 12.6. The van der Waals surface area contributed by atoms with Crippen LogP contribution >= 0.6 is 0 Å². The lowest BCUT2D eigenvalue weighted by Crippen LogP contribution is -2.32. The maximum atomic E-state index is 13.4. The number of carbonyl (C=O) groups is 6. The standard InChI is InChI=1S/2C24H26N4O5/c1-13-14-8-9-18(16(14)7-6-15(13)23(32)33-24(2,3)4)27(5)21(29)19-12-17(22(30)31)26-20-10-11-25-28(19)20;1-13-14-8-9-17(16(14)7-6-15(13)22(30)33-24(2,3)4)27-21(29)19-12-18(23(31)32-5)26-20-10-11-25-28(19)20/h6-7,10-12,18H,8-9H2,1-5H3,(H,30,31);6-7,10-12,17H,8-9H2,1-5H3,(H,27,29)/t18-;17-/m00/s1. The molecule has 2 aromatic carbocycles. The molecule has 2 N–H and O–H groups in total. The van der Waals surface area contributed by atoms with E-state index in [9.17, 15) is 33.9 Å². The van der Waals surface area contributed by atoms with Crippen LogP contribution in [0.15, 0.2) is 60.9 Å². The number of carbonyl (C=O) groups excluding carboxylic acids is 5. The Labute approximate surface area is 380 Å². The Bertz CT molecular complexity index is 2960. The van der Waals surface area contributed by atoms with Crippen LogP contribution in [0.3, 0.4) is 0 Å². The largest absolute Gasteiger partial charge is 0.477 e. The molecule has 6 aromatic rings. The summed E-state index contributed by atoms with van der Waals surface area (Å²) in [7, 11) is 2.95. The number of aromatic carboxylic acids is 1. The van der Waals surface area contributed by atoms with Crippen molar-refractivity contribution in [1.29, 1.82) is 0 Å². The van der Waals surface area contributed by atoms with E-state index in [1.807, 2.05) is 67.5 Å². The second kappa shape index (κ2) is 17.8. The van der Waals surface area contributed by atoms with Crippen molar-refractivity contribution in [3.63, 3.8) is 0 Å². The number of esters is 3. The van der Waals surface area contributed by atoms with Gasteiger partial charge in [0.15, 0.2) is 22.7 Å². The van der Waals surface area contributed by atoms with E-state index < -0.39 is 23.1 Å². The topological polar surface area (TPSA) is 226 Å². The van der Waals surface area contributed by atoms with Gasteiger partial charge in [-0.3, -0.25) is 9.59 Å². The van der Waals surface area contributed by atoms with Crippen molar-refractivity contribution in [2.24, 2.45) is 0 Å². The summed E-state index contributed by atoms with van der Waals surface area (Å²) in [4.78, 5) is 85.1. The number of hydrogen-bond acceptors (Lipinski definition) is 13. The van der Waals surface area contributed by atoms with Gasteiger partial charge >= 0.3 is 23.9 Å². The monoisotopic (exact) mass is 900 g/mol. The van der Waals surface area contributed by atoms with Gasteiger partial charge in [-0.1, -0.05) is 12.1 Å². The molecule has 344 valence electrons. The summed E-state index contributed by atoms with van der Waals surface area (Å²) >= 11 is 0. The van der Waals surface area contributed by atoms with Gasteiger partial charge in [-0.15, -0.1) is 0 Å². The number of fused-ring (bicyclic) bond motifs is 4. The maximum absolute atomic E-state index is 13.4. The highest BCUT2D eigenvalue weighted by Gasteiger charge is 2.34. The average Bonchev–Trinajstić information content (AvgIpc) is 4.08. The first kappa shape index (κ1) is 46.5. The van der Waals surface area contributed by atoms with Crippen LogP contribution < -0.4 is 5.32 Å². The fraction of sp³-hybridized carbons (Fsp3) is 0.375. The van der Waals surface area contributed by atoms with Gasteiger partial charge in [0.05, 0.1) is 42.7 Å². The number of aromatic nitrogens is 6. The number of carboxylic acids is 1. The minimum Gasteiger partial charge on any atom is -0.477 e. The number of rotatable bonds is 8. The van der Waals surface area contributed by atoms with Gasteiger partial charge < -0.3 is 29.5 Å². The molecular weight excluding hydrogens is 849 g/mol. The SMILES string of the molecule is COC(=O)c1cc(C(=O)N[C@H]2CCc3c2ccc(C(=O)OC(C)(C)C)c3C)n2nccc2n1.Cc1c(C(=O)OC(C)(C)C)ccc2c1CC[C@@H]2N(C)C(=O)c1cc(C(=O)O)nc2ccnn12. The molecule has 8 rings (SSSR count). The van der Waals surface area contributed by atoms with E-state index in [-0.39, 0.29) is 64.3 Å². The van der Waals surface area contributed by atoms with Crippen molar-refractivity contribution in [2.75, 3.05) is 14.2 Å². The zero-order chi connectivity index (χ0) is 48.0. The van der Waals surface area contributed by atoms with Crippen molar-refractivity contribution < 1.29 is 48.1 Å². The molecule has 0 radical (unpaired) electrons. The molecule has 0 spiro atoms. The summed E-state index contributed by atoms with van der Waals surface area (Å²) in [5.41, 5.74) is 6.40. The number of hydrogen-bond donors (Lipinski definition) is 2. The Balaban J connectivity index is 0.000000196. The molecule has 2 atom stereocenters. The van der Waals surface area contributed by atoms with Crippen molar-refractivity contribution >= 4 is 47.0 Å². The van der Waals surface area contributed by atoms with E-state index in [1.165, 1.54) is 40.7 Å². The number of ether oxygens (including phenoxy) is 3. The highest BCUT2D eigenvalue weighted by Crippen LogP contribution is 2.39. The van der Waals surface area contributed by atoms with Gasteiger partial charge in [-0.05, 0) is 127 Å². The van der Waals surface area contributed by atoms with Gasteiger partial charge in [0.25, 0.3) is 11.8 Å². The normalized spacial score (nSPS) is 15.3. The second-order valence-corrected chi connectivity index (χ2v) is 18.2. The average molecular weight is 901 g/mol. The van der Waals surface area contributed by atoms with Crippen molar-refractivity contribution in [2.45, 2.75) is 104 Å². The zero-order valence-electron chi connectivity index (χ0n) is 38.5. The first-order valence-electron chi connectivity index (χ1n) is 21.4. The lowest BCUT2D eigenvalue weighted by atomic mass is 9.97. The summed E-state index contributed by atoms with van der Waals surface area (Å²) in [5.74, 6) is -3.32. The number of nitrogens with zero attached hydrogens (tertiary/aromatic N) is 7. The highest BCUT2D eigenvalue weighted by atomic mass is 16.6. The van der Waals surface area contributed by atoms with Gasteiger partial charge in [-0.25, -0.2) is 38.2 Å². The second-order valence-electron chi connectivity index (χ2n) is 18.2. The summed E-state index contributed by atoms with van der Waals surface area (Å²) in [5, 5.41) is 20.7. The van der Waals surface area contributed by atoms with E-state index in [2.05, 4.69) is 25.5 Å². The third-order valence-corrected chi connectivity index (χ3v) is 11.5. The molecule has 0 fully saturated rings. The summed E-state index contributed by atoms with van der Waals surface area (Å²) in [6.07, 6.45) is 5.80. The van der Waals surface area contributed by atoms with Crippen LogP contribution in [0.4, 0.5) is 0 Å². The highest BCUT2D eigenvalue weighted by molar-refractivity contribution is 5.98. The molecule has 0 bridgehead atoms. The minimum atomic E-state index is -1.22. The number of amides is 2. The minimum absolute atomic E-state index is 0.0281. The van der Waals surface area contributed by atoms with Crippen LogP contribution in [0.5, 0.6) is 0 Å². The summed E-state index contributed by atoms with van der Waals surface area (Å²) < 4.78 is 18.5. The first-order chi connectivity index (χ1) is 31.1. The molecule has 66 heavy (non-hydrogen) atoms. The van der Waals surface area contributed by atoms with Crippen LogP contribution in [-0.2, 0) is 27.1 Å². The summed E-state index contributed by atoms with van der Waals surface area (Å²) in [6, 6.07) is 12.6. The zero-order valence-corrected chi connectivity index (χ0v) is 38.5. The van der Waals surface area contributed by atoms with Crippen LogP contribution in [-0.4, -0.2) is 100 Å². The lowest BCUT2D eigenvalue weighted by molar-refractivity contribution is 0.00559. The van der Waals surface area contributed by atoms with Gasteiger partial charge in [0.2, 0.25) is 0 Å². The smallest absolute Gasteiger partial charge is 0.356 e. The van der Waals surface area contributed by atoms with Crippen LogP contribution in [0.25, 0.3) is 11.3 Å². The lowest BCUT2D eigenvalue weighted by Gasteiger charge is -2.26. The van der Waals surface area contributed by atoms with Crippen LogP contribution in [0, 0.1) is 13.8 Å². The Hall–Kier alpha value is -7.50. The third-order valence-electron chi connectivity index (χ3n) is 11.5. The Morgan fingerprint density at radius 1 is 0.697 bits per heavy atom. The number of benzene rings is 2. The number of nitrogens with one attached hydrogen (secondary N) is 1. The molecule has 0 unspecified atom stereocenters. The molecule has 0 saturated carbocycles. The van der Waals surface area contributed by atoms with E-state index in [0.717, 1.165) is 39.8 Å². The fourth-order valence-corrected chi connectivity index (χ4v) is 8.41. The fourth-order valence-electron chi connectivity index (χ4n) is 8.41. The quantitative estimate of drug-likeness (QED) is 0.121. The molecular formula is C48H52N8O10. The van der Waals surface area contributed by atoms with Crippen molar-refractivity contribution in [1.82, 2.24) is 39.4 Å². The molecule has 4 heterocycles. The van der Waals surface area contributed by atoms with Gasteiger partial charge in [0, 0.05) is 31.3 Å². The molecule has 2 aliphatic carbocycles. The molecule has 0 saturated heterocycles. The van der Waals surface area contributed by atoms with Gasteiger partial charge in [0.1, 0.15) is 22.6 Å². The molecule has 0 aliphatic heterocycles. The van der Waals surface area contributed by atoms with Crippen LogP contribution in [0.1, 0.15) is 163 Å². The predicted molar refractivity (Wildman–Crippen MR) is 239 cm³/mol. The predicted octanol–water partition coefficient (Wildman–Crippen LogP) is 6.65. The molecule has 2 aliphatic rings. The number of methoxy groups -OCH3 is 1. The third kappa shape index (κ3) is 9.34. The number of carboxylic acid groups (broad SMARTS) is 1. The van der Waals surface area contributed by atoms with Crippen molar-refractivity contribution in [3.05, 3.63) is 128 Å². The van der Waals surface area contributed by atoms with E-state index in [0.29, 0.717) is 36.0 Å². The van der Waals surface area contributed by atoms with E-state index >= 15 is 0 Å². The molecule has 18 heteroatoms. The van der Waals surface area contributed by atoms with Gasteiger partial charge in [-0.2, -0.15) is 10.2 Å². The van der Waals surface area contributed by atoms with Crippen molar-refractivity contribution in [3.8, 4) is 0 Å². The van der Waals surface area contributed by atoms with Crippen LogP contribution in [0.2, 0.25) is 0 Å². The molecule has 18 nitrogen and oxygen atoms in total. The maximum Gasteiger partial charge on any atom is 0.356 e. The molecule has 2 amide bonds. The van der Waals surface area contributed by atoms with E-state index in [4.69, 9.17) is 14.2 Å². The molecule has 4 aromatic heterocycles. The summed E-state index contributed by atoms with van der Waals surface area (Å²) in [6.45, 7) is 14.8. The first-order valence-corrected chi connectivity index (χ1v) is 21.4. The van der Waals surface area contributed by atoms with E-state index in [1.54, 1.807) is 36.2 Å². The Morgan fingerprint density at radius 2 is 1.20 bits per heavy atom. The Morgan fingerprint density at radius 3 is 1.74 bits per heavy atom.